The molecule has 0 unspecified atom stereocenters. The number of pyridine rings is 1. The third-order valence-corrected chi connectivity index (χ3v) is 3.70. The Labute approximate surface area is 144 Å². The number of carbonyl (C=O) groups excluding carboxylic acids is 1. The number of hydrogen-bond donors (Lipinski definition) is 1. The summed E-state index contributed by atoms with van der Waals surface area (Å²) in [4.78, 5) is 24.2. The van der Waals surface area contributed by atoms with Gasteiger partial charge in [0.15, 0.2) is 11.5 Å². The second kappa shape index (κ2) is 6.40. The van der Waals surface area contributed by atoms with Gasteiger partial charge in [-0.25, -0.2) is 4.39 Å². The van der Waals surface area contributed by atoms with Crippen LogP contribution < -0.4 is 10.9 Å². The fourth-order valence-corrected chi connectivity index (χ4v) is 2.61. The number of aromatic nitrogens is 2. The van der Waals surface area contributed by atoms with Crippen LogP contribution in [0.25, 0.3) is 11.3 Å². The first-order chi connectivity index (χ1) is 11.4. The van der Waals surface area contributed by atoms with Crippen molar-refractivity contribution >= 4 is 27.5 Å². The maximum Gasteiger partial charge on any atom is 0.278 e. The number of nitrogens with zero attached hydrogens (tertiary/aromatic N) is 2. The fourth-order valence-electron chi connectivity index (χ4n) is 2.08. The standard InChI is InChI=1S/C16H11BrFN3O3/c1-21-8-10(17)6-13(16(21)23)19-15(22)12-7-14(24-20-12)9-2-4-11(18)5-3-9/h2-8H,1H3,(H,19,22). The molecule has 0 aliphatic heterocycles. The van der Waals surface area contributed by atoms with E-state index in [-0.39, 0.29) is 22.8 Å². The van der Waals surface area contributed by atoms with Gasteiger partial charge in [0.2, 0.25) is 0 Å². The van der Waals surface area contributed by atoms with Gasteiger partial charge < -0.3 is 14.4 Å². The van der Waals surface area contributed by atoms with Crippen molar-refractivity contribution in [1.82, 2.24) is 9.72 Å². The lowest BCUT2D eigenvalue weighted by atomic mass is 10.1. The predicted octanol–water partition coefficient (Wildman–Crippen LogP) is 3.19. The molecule has 0 saturated carbocycles. The fraction of sp³-hybridized carbons (Fsp3) is 0.0625. The summed E-state index contributed by atoms with van der Waals surface area (Å²) in [7, 11) is 1.57. The summed E-state index contributed by atoms with van der Waals surface area (Å²) in [6.07, 6.45) is 1.58. The molecule has 0 bridgehead atoms. The van der Waals surface area contributed by atoms with E-state index in [1.54, 1.807) is 13.2 Å². The van der Waals surface area contributed by atoms with Crippen molar-refractivity contribution in [3.05, 3.63) is 68.9 Å². The summed E-state index contributed by atoms with van der Waals surface area (Å²) in [5, 5.41) is 6.18. The van der Waals surface area contributed by atoms with Crippen LogP contribution in [0.2, 0.25) is 0 Å². The average molecular weight is 392 g/mol. The first kappa shape index (κ1) is 16.1. The second-order valence-corrected chi connectivity index (χ2v) is 5.94. The smallest absolute Gasteiger partial charge is 0.278 e. The van der Waals surface area contributed by atoms with Gasteiger partial charge in [0.25, 0.3) is 11.5 Å². The van der Waals surface area contributed by atoms with E-state index in [4.69, 9.17) is 4.52 Å². The van der Waals surface area contributed by atoms with Gasteiger partial charge in [0, 0.05) is 29.3 Å². The zero-order valence-corrected chi connectivity index (χ0v) is 14.0. The van der Waals surface area contributed by atoms with Gasteiger partial charge in [-0.15, -0.1) is 0 Å². The average Bonchev–Trinajstić information content (AvgIpc) is 3.03. The van der Waals surface area contributed by atoms with E-state index in [1.165, 1.54) is 41.0 Å². The SMILES string of the molecule is Cn1cc(Br)cc(NC(=O)c2cc(-c3ccc(F)cc3)on2)c1=O. The van der Waals surface area contributed by atoms with Crippen LogP contribution in [0.4, 0.5) is 10.1 Å². The Morgan fingerprint density at radius 2 is 2.00 bits per heavy atom. The minimum absolute atomic E-state index is 0.0105. The number of halogens is 2. The van der Waals surface area contributed by atoms with E-state index in [0.29, 0.717) is 15.8 Å². The lowest BCUT2D eigenvalue weighted by Crippen LogP contribution is -2.24. The Balaban J connectivity index is 1.84. The van der Waals surface area contributed by atoms with Crippen LogP contribution in [-0.2, 0) is 7.05 Å². The van der Waals surface area contributed by atoms with E-state index in [0.717, 1.165) is 0 Å². The van der Waals surface area contributed by atoms with E-state index >= 15 is 0 Å². The molecule has 3 aromatic rings. The third-order valence-electron chi connectivity index (χ3n) is 3.27. The highest BCUT2D eigenvalue weighted by Crippen LogP contribution is 2.21. The maximum absolute atomic E-state index is 12.9. The Hall–Kier alpha value is -2.74. The zero-order chi connectivity index (χ0) is 17.3. The number of hydrogen-bond acceptors (Lipinski definition) is 4. The summed E-state index contributed by atoms with van der Waals surface area (Å²) in [5.74, 6) is -0.633. The Kier molecular flexibility index (Phi) is 4.30. The molecule has 1 aromatic carbocycles. The molecule has 6 nitrogen and oxygen atoms in total. The Bertz CT molecular complexity index is 963. The number of anilines is 1. The van der Waals surface area contributed by atoms with Crippen molar-refractivity contribution in [2.75, 3.05) is 5.32 Å². The molecule has 2 heterocycles. The second-order valence-electron chi connectivity index (χ2n) is 5.03. The van der Waals surface area contributed by atoms with Crippen LogP contribution in [-0.4, -0.2) is 15.6 Å². The molecule has 1 amide bonds. The molecule has 0 aliphatic rings. The summed E-state index contributed by atoms with van der Waals surface area (Å²) in [6.45, 7) is 0. The summed E-state index contributed by atoms with van der Waals surface area (Å²) in [5.41, 5.74) is 0.356. The number of carbonyl (C=O) groups is 1. The third kappa shape index (κ3) is 3.28. The molecule has 0 aliphatic carbocycles. The van der Waals surface area contributed by atoms with Crippen molar-refractivity contribution in [3.63, 3.8) is 0 Å². The molecule has 3 rings (SSSR count). The molecule has 8 heteroatoms. The summed E-state index contributed by atoms with van der Waals surface area (Å²) in [6, 6.07) is 8.51. The van der Waals surface area contributed by atoms with E-state index < -0.39 is 5.91 Å². The van der Waals surface area contributed by atoms with Gasteiger partial charge in [-0.3, -0.25) is 9.59 Å². The Morgan fingerprint density at radius 1 is 1.29 bits per heavy atom. The summed E-state index contributed by atoms with van der Waals surface area (Å²) < 4.78 is 20.0. The lowest BCUT2D eigenvalue weighted by Gasteiger charge is -2.05. The molecule has 0 fully saturated rings. The highest BCUT2D eigenvalue weighted by Gasteiger charge is 2.16. The number of rotatable bonds is 3. The van der Waals surface area contributed by atoms with Crippen molar-refractivity contribution in [2.24, 2.45) is 7.05 Å². The molecule has 0 atom stereocenters. The number of nitrogens with one attached hydrogen (secondary N) is 1. The number of amides is 1. The molecular formula is C16H11BrFN3O3. The number of aryl methyl sites for hydroxylation is 1. The van der Waals surface area contributed by atoms with Gasteiger partial charge in [-0.05, 0) is 46.3 Å². The topological polar surface area (TPSA) is 77.1 Å². The normalized spacial score (nSPS) is 10.6. The van der Waals surface area contributed by atoms with Crippen molar-refractivity contribution in [1.29, 1.82) is 0 Å². The van der Waals surface area contributed by atoms with E-state index in [1.807, 2.05) is 0 Å². The van der Waals surface area contributed by atoms with Gasteiger partial charge in [0.1, 0.15) is 11.5 Å². The highest BCUT2D eigenvalue weighted by molar-refractivity contribution is 9.10. The molecule has 0 saturated heterocycles. The molecule has 1 N–H and O–H groups in total. The largest absolute Gasteiger partial charge is 0.355 e. The van der Waals surface area contributed by atoms with Gasteiger partial charge in [0.05, 0.1) is 0 Å². The molecule has 0 radical (unpaired) electrons. The van der Waals surface area contributed by atoms with Gasteiger partial charge >= 0.3 is 0 Å². The van der Waals surface area contributed by atoms with Gasteiger partial charge in [-0.1, -0.05) is 5.16 Å². The van der Waals surface area contributed by atoms with E-state index in [9.17, 15) is 14.0 Å². The van der Waals surface area contributed by atoms with Crippen molar-refractivity contribution in [2.45, 2.75) is 0 Å². The highest BCUT2D eigenvalue weighted by atomic mass is 79.9. The first-order valence-corrected chi connectivity index (χ1v) is 7.63. The lowest BCUT2D eigenvalue weighted by molar-refractivity contribution is 0.101. The maximum atomic E-state index is 12.9. The molecule has 2 aromatic heterocycles. The molecular weight excluding hydrogens is 381 g/mol. The van der Waals surface area contributed by atoms with Crippen LogP contribution in [0.3, 0.4) is 0 Å². The zero-order valence-electron chi connectivity index (χ0n) is 12.4. The summed E-state index contributed by atoms with van der Waals surface area (Å²) >= 11 is 3.26. The first-order valence-electron chi connectivity index (χ1n) is 6.84. The van der Waals surface area contributed by atoms with Crippen molar-refractivity contribution < 1.29 is 13.7 Å². The minimum Gasteiger partial charge on any atom is -0.355 e. The van der Waals surface area contributed by atoms with E-state index in [2.05, 4.69) is 26.4 Å². The van der Waals surface area contributed by atoms with Crippen LogP contribution in [0.15, 0.2) is 56.4 Å². The monoisotopic (exact) mass is 391 g/mol. The van der Waals surface area contributed by atoms with Gasteiger partial charge in [-0.2, -0.15) is 0 Å². The van der Waals surface area contributed by atoms with Crippen LogP contribution in [0.1, 0.15) is 10.5 Å². The molecule has 122 valence electrons. The van der Waals surface area contributed by atoms with Crippen LogP contribution >= 0.6 is 15.9 Å². The minimum atomic E-state index is -0.581. The number of benzene rings is 1. The predicted molar refractivity (Wildman–Crippen MR) is 89.2 cm³/mol. The van der Waals surface area contributed by atoms with Crippen molar-refractivity contribution in [3.8, 4) is 11.3 Å². The van der Waals surface area contributed by atoms with Crippen LogP contribution in [0.5, 0.6) is 0 Å². The molecule has 24 heavy (non-hydrogen) atoms. The molecule has 0 spiro atoms. The quantitative estimate of drug-likeness (QED) is 0.743. The van der Waals surface area contributed by atoms with Crippen LogP contribution in [0, 0.1) is 5.82 Å². The Morgan fingerprint density at radius 3 is 2.71 bits per heavy atom.